The van der Waals surface area contributed by atoms with Gasteiger partial charge in [0.05, 0.1) is 12.7 Å². The molecule has 0 amide bonds. The molecule has 0 aliphatic carbocycles. The van der Waals surface area contributed by atoms with Crippen LogP contribution in [-0.4, -0.2) is 24.8 Å². The van der Waals surface area contributed by atoms with Crippen molar-refractivity contribution in [3.8, 4) is 11.5 Å². The van der Waals surface area contributed by atoms with Crippen molar-refractivity contribution in [1.29, 1.82) is 0 Å². The SMILES string of the molecule is COc1ccc(C(=O)c2c(C)oc3ccc(OC(C)=O)c(COC(C)=O)c23)cc1. The third-order valence-corrected chi connectivity index (χ3v) is 4.35. The molecule has 7 nitrogen and oxygen atoms in total. The van der Waals surface area contributed by atoms with Crippen LogP contribution in [0.4, 0.5) is 0 Å². The van der Waals surface area contributed by atoms with Gasteiger partial charge < -0.3 is 18.6 Å². The summed E-state index contributed by atoms with van der Waals surface area (Å²) >= 11 is 0. The first-order valence-corrected chi connectivity index (χ1v) is 8.87. The number of carbonyl (C=O) groups excluding carboxylic acids is 3. The number of furan rings is 1. The van der Waals surface area contributed by atoms with Gasteiger partial charge in [-0.2, -0.15) is 0 Å². The molecule has 0 aliphatic rings. The molecule has 0 N–H and O–H groups in total. The highest BCUT2D eigenvalue weighted by molar-refractivity contribution is 6.17. The van der Waals surface area contributed by atoms with E-state index >= 15 is 0 Å². The van der Waals surface area contributed by atoms with Crippen molar-refractivity contribution >= 4 is 28.7 Å². The summed E-state index contributed by atoms with van der Waals surface area (Å²) in [5.74, 6) is -0.0626. The van der Waals surface area contributed by atoms with Crippen LogP contribution >= 0.6 is 0 Å². The Bertz CT molecular complexity index is 1090. The van der Waals surface area contributed by atoms with Crippen LogP contribution in [-0.2, 0) is 20.9 Å². The molecule has 0 atom stereocenters. The lowest BCUT2D eigenvalue weighted by Gasteiger charge is -2.11. The molecule has 0 saturated carbocycles. The lowest BCUT2D eigenvalue weighted by molar-refractivity contribution is -0.142. The molecule has 0 aliphatic heterocycles. The van der Waals surface area contributed by atoms with Crippen LogP contribution in [0, 0.1) is 6.92 Å². The van der Waals surface area contributed by atoms with Crippen LogP contribution in [0.25, 0.3) is 11.0 Å². The molecule has 0 fully saturated rings. The van der Waals surface area contributed by atoms with Gasteiger partial charge in [-0.05, 0) is 43.3 Å². The molecule has 1 heterocycles. The molecule has 29 heavy (non-hydrogen) atoms. The largest absolute Gasteiger partial charge is 0.497 e. The van der Waals surface area contributed by atoms with E-state index in [2.05, 4.69) is 0 Å². The molecular weight excluding hydrogens is 376 g/mol. The van der Waals surface area contributed by atoms with Crippen molar-refractivity contribution < 1.29 is 33.0 Å². The first-order valence-electron chi connectivity index (χ1n) is 8.87. The Kier molecular flexibility index (Phi) is 5.68. The fraction of sp³-hybridized carbons (Fsp3) is 0.227. The van der Waals surface area contributed by atoms with Crippen LogP contribution < -0.4 is 9.47 Å². The molecule has 0 unspecified atom stereocenters. The van der Waals surface area contributed by atoms with E-state index in [4.69, 9.17) is 18.6 Å². The minimum Gasteiger partial charge on any atom is -0.497 e. The highest BCUT2D eigenvalue weighted by atomic mass is 16.5. The lowest BCUT2D eigenvalue weighted by atomic mass is 9.97. The Morgan fingerprint density at radius 2 is 1.66 bits per heavy atom. The van der Waals surface area contributed by atoms with Gasteiger partial charge in [-0.1, -0.05) is 0 Å². The summed E-state index contributed by atoms with van der Waals surface area (Å²) in [5.41, 5.74) is 1.58. The van der Waals surface area contributed by atoms with E-state index in [0.717, 1.165) is 0 Å². The van der Waals surface area contributed by atoms with E-state index in [0.29, 0.717) is 39.2 Å². The van der Waals surface area contributed by atoms with Gasteiger partial charge in [0, 0.05) is 30.4 Å². The number of ether oxygens (including phenoxy) is 3. The van der Waals surface area contributed by atoms with E-state index in [9.17, 15) is 14.4 Å². The highest BCUT2D eigenvalue weighted by Gasteiger charge is 2.25. The Labute approximate surface area is 167 Å². The minimum atomic E-state index is -0.531. The Morgan fingerprint density at radius 1 is 0.966 bits per heavy atom. The zero-order chi connectivity index (χ0) is 21.1. The zero-order valence-electron chi connectivity index (χ0n) is 16.5. The zero-order valence-corrected chi connectivity index (χ0v) is 16.5. The average Bonchev–Trinajstić information content (AvgIpc) is 3.02. The van der Waals surface area contributed by atoms with Crippen LogP contribution in [0.1, 0.15) is 41.1 Å². The predicted molar refractivity (Wildman–Crippen MR) is 104 cm³/mol. The van der Waals surface area contributed by atoms with Crippen molar-refractivity contribution in [2.24, 2.45) is 0 Å². The van der Waals surface area contributed by atoms with Gasteiger partial charge in [0.1, 0.15) is 29.4 Å². The second-order valence-electron chi connectivity index (χ2n) is 6.38. The second kappa shape index (κ2) is 8.18. The number of benzene rings is 2. The van der Waals surface area contributed by atoms with Gasteiger partial charge in [-0.3, -0.25) is 14.4 Å². The predicted octanol–water partition coefficient (Wildman–Crippen LogP) is 3.97. The molecule has 3 rings (SSSR count). The number of fused-ring (bicyclic) bond motifs is 1. The molecule has 1 aromatic heterocycles. The second-order valence-corrected chi connectivity index (χ2v) is 6.38. The fourth-order valence-corrected chi connectivity index (χ4v) is 3.09. The molecule has 0 spiro atoms. The van der Waals surface area contributed by atoms with Gasteiger partial charge >= 0.3 is 11.9 Å². The number of ketones is 1. The monoisotopic (exact) mass is 396 g/mol. The van der Waals surface area contributed by atoms with Crippen molar-refractivity contribution in [2.75, 3.05) is 7.11 Å². The van der Waals surface area contributed by atoms with Crippen molar-refractivity contribution in [3.05, 3.63) is 58.8 Å². The van der Waals surface area contributed by atoms with E-state index < -0.39 is 11.9 Å². The maximum absolute atomic E-state index is 13.2. The summed E-state index contributed by atoms with van der Waals surface area (Å²) < 4.78 is 21.3. The topological polar surface area (TPSA) is 92.0 Å². The Hall–Kier alpha value is -3.61. The number of carbonyl (C=O) groups is 3. The maximum Gasteiger partial charge on any atom is 0.308 e. The van der Waals surface area contributed by atoms with Gasteiger partial charge in [-0.25, -0.2) is 0 Å². The normalized spacial score (nSPS) is 10.6. The molecule has 0 saturated heterocycles. The standard InChI is InChI=1S/C22H20O7/c1-12-20(22(25)15-5-7-16(26-4)8-6-15)21-17(11-27-13(2)23)18(29-14(3)24)9-10-19(21)28-12/h5-10H,11H2,1-4H3. The van der Waals surface area contributed by atoms with E-state index in [1.54, 1.807) is 50.4 Å². The Morgan fingerprint density at radius 3 is 2.24 bits per heavy atom. The van der Waals surface area contributed by atoms with E-state index in [-0.39, 0.29) is 18.1 Å². The number of esters is 2. The van der Waals surface area contributed by atoms with Crippen molar-refractivity contribution in [3.63, 3.8) is 0 Å². The maximum atomic E-state index is 13.2. The van der Waals surface area contributed by atoms with Crippen molar-refractivity contribution in [1.82, 2.24) is 0 Å². The number of hydrogen-bond donors (Lipinski definition) is 0. The van der Waals surface area contributed by atoms with Crippen molar-refractivity contribution in [2.45, 2.75) is 27.4 Å². The molecule has 0 radical (unpaired) electrons. The highest BCUT2D eigenvalue weighted by Crippen LogP contribution is 2.36. The first kappa shape index (κ1) is 20.1. The fourth-order valence-electron chi connectivity index (χ4n) is 3.09. The summed E-state index contributed by atoms with van der Waals surface area (Å²) in [5, 5.41) is 0.448. The minimum absolute atomic E-state index is 0.169. The summed E-state index contributed by atoms with van der Waals surface area (Å²) in [6, 6.07) is 9.85. The van der Waals surface area contributed by atoms with Gasteiger partial charge in [0.2, 0.25) is 0 Å². The summed E-state index contributed by atoms with van der Waals surface area (Å²) in [6.45, 7) is 4.05. The average molecular weight is 396 g/mol. The summed E-state index contributed by atoms with van der Waals surface area (Å²) in [7, 11) is 1.54. The molecule has 7 heteroatoms. The van der Waals surface area contributed by atoms with Gasteiger partial charge in [-0.15, -0.1) is 0 Å². The van der Waals surface area contributed by atoms with Gasteiger partial charge in [0.25, 0.3) is 0 Å². The van der Waals surface area contributed by atoms with Crippen LogP contribution in [0.5, 0.6) is 11.5 Å². The third-order valence-electron chi connectivity index (χ3n) is 4.35. The van der Waals surface area contributed by atoms with Crippen LogP contribution in [0.3, 0.4) is 0 Å². The number of methoxy groups -OCH3 is 1. The first-order chi connectivity index (χ1) is 13.8. The number of aryl methyl sites for hydroxylation is 1. The number of rotatable bonds is 6. The summed E-state index contributed by atoms with van der Waals surface area (Å²) in [4.78, 5) is 36.1. The molecule has 3 aromatic rings. The van der Waals surface area contributed by atoms with E-state index in [1.807, 2.05) is 0 Å². The number of hydrogen-bond acceptors (Lipinski definition) is 7. The molecule has 0 bridgehead atoms. The quantitative estimate of drug-likeness (QED) is 0.354. The summed E-state index contributed by atoms with van der Waals surface area (Å²) in [6.07, 6.45) is 0. The lowest BCUT2D eigenvalue weighted by Crippen LogP contribution is -2.08. The third kappa shape index (κ3) is 4.13. The van der Waals surface area contributed by atoms with Crippen LogP contribution in [0.15, 0.2) is 40.8 Å². The Balaban J connectivity index is 2.19. The molecule has 150 valence electrons. The smallest absolute Gasteiger partial charge is 0.308 e. The van der Waals surface area contributed by atoms with Crippen LogP contribution in [0.2, 0.25) is 0 Å². The molecular formula is C22H20O7. The van der Waals surface area contributed by atoms with E-state index in [1.165, 1.54) is 13.8 Å². The molecule has 2 aromatic carbocycles. The van der Waals surface area contributed by atoms with Gasteiger partial charge in [0.15, 0.2) is 5.78 Å².